The van der Waals surface area contributed by atoms with Crippen LogP contribution in [0.2, 0.25) is 5.02 Å². The SMILES string of the molecule is CC1CC1c1ccc(/C=C/C(=O)N2CCN(S(=O)(=O)c3ccc(Cl)cc3)CC2)o1. The van der Waals surface area contributed by atoms with Gasteiger partial charge in [0.1, 0.15) is 11.5 Å². The monoisotopic (exact) mass is 434 g/mol. The predicted molar refractivity (Wildman–Crippen MR) is 111 cm³/mol. The molecule has 1 amide bonds. The van der Waals surface area contributed by atoms with Crippen LogP contribution in [0.1, 0.15) is 30.8 Å². The molecule has 1 aliphatic carbocycles. The molecule has 1 saturated carbocycles. The van der Waals surface area contributed by atoms with Gasteiger partial charge in [0.15, 0.2) is 0 Å². The van der Waals surface area contributed by atoms with Crippen molar-refractivity contribution in [1.82, 2.24) is 9.21 Å². The molecule has 8 heteroatoms. The first kappa shape index (κ1) is 20.2. The number of benzene rings is 1. The molecule has 1 aromatic heterocycles. The van der Waals surface area contributed by atoms with E-state index in [1.54, 1.807) is 23.1 Å². The van der Waals surface area contributed by atoms with Crippen molar-refractivity contribution < 1.29 is 17.6 Å². The van der Waals surface area contributed by atoms with E-state index >= 15 is 0 Å². The molecule has 1 aliphatic heterocycles. The number of nitrogens with zero attached hydrogens (tertiary/aromatic N) is 2. The Morgan fingerprint density at radius 3 is 2.38 bits per heavy atom. The highest BCUT2D eigenvalue weighted by molar-refractivity contribution is 7.89. The van der Waals surface area contributed by atoms with Gasteiger partial charge in [-0.15, -0.1) is 0 Å². The van der Waals surface area contributed by atoms with E-state index in [4.69, 9.17) is 16.0 Å². The molecular formula is C21H23ClN2O4S. The van der Waals surface area contributed by atoms with Crippen molar-refractivity contribution in [3.05, 3.63) is 59.0 Å². The molecule has 0 bridgehead atoms. The molecule has 2 aliphatic rings. The van der Waals surface area contributed by atoms with Gasteiger partial charge in [0, 0.05) is 43.2 Å². The molecule has 1 saturated heterocycles. The second kappa shape index (κ2) is 7.97. The Kier molecular flexibility index (Phi) is 5.55. The van der Waals surface area contributed by atoms with E-state index < -0.39 is 10.0 Å². The van der Waals surface area contributed by atoms with Crippen LogP contribution in [-0.4, -0.2) is 49.7 Å². The zero-order valence-electron chi connectivity index (χ0n) is 16.1. The minimum Gasteiger partial charge on any atom is -0.461 e. The van der Waals surface area contributed by atoms with Crippen molar-refractivity contribution in [3.63, 3.8) is 0 Å². The molecule has 29 heavy (non-hydrogen) atoms. The van der Waals surface area contributed by atoms with Crippen LogP contribution < -0.4 is 0 Å². The Balaban J connectivity index is 1.33. The van der Waals surface area contributed by atoms with Crippen LogP contribution in [0.4, 0.5) is 0 Å². The van der Waals surface area contributed by atoms with Crippen molar-refractivity contribution in [2.75, 3.05) is 26.2 Å². The van der Waals surface area contributed by atoms with E-state index in [1.807, 2.05) is 12.1 Å². The van der Waals surface area contributed by atoms with E-state index in [1.165, 1.54) is 22.5 Å². The molecular weight excluding hydrogens is 412 g/mol. The first-order valence-electron chi connectivity index (χ1n) is 9.67. The van der Waals surface area contributed by atoms with E-state index in [2.05, 4.69) is 6.92 Å². The van der Waals surface area contributed by atoms with Gasteiger partial charge in [-0.2, -0.15) is 4.31 Å². The summed E-state index contributed by atoms with van der Waals surface area (Å²) >= 11 is 5.84. The molecule has 2 atom stereocenters. The van der Waals surface area contributed by atoms with Gasteiger partial charge >= 0.3 is 0 Å². The average Bonchev–Trinajstić information content (AvgIpc) is 3.26. The Bertz CT molecular complexity index is 1020. The molecule has 1 aromatic carbocycles. The van der Waals surface area contributed by atoms with Crippen LogP contribution in [0, 0.1) is 5.92 Å². The molecule has 4 rings (SSSR count). The molecule has 2 fully saturated rings. The Hall–Kier alpha value is -2.09. The summed E-state index contributed by atoms with van der Waals surface area (Å²) < 4.78 is 32.6. The van der Waals surface area contributed by atoms with Gasteiger partial charge in [0.2, 0.25) is 15.9 Å². The first-order chi connectivity index (χ1) is 13.8. The summed E-state index contributed by atoms with van der Waals surface area (Å²) in [6, 6.07) is 9.96. The largest absolute Gasteiger partial charge is 0.461 e. The third kappa shape index (κ3) is 4.42. The van der Waals surface area contributed by atoms with Crippen LogP contribution >= 0.6 is 11.6 Å². The quantitative estimate of drug-likeness (QED) is 0.674. The number of hydrogen-bond acceptors (Lipinski definition) is 4. The third-order valence-corrected chi connectivity index (χ3v) is 7.68. The van der Waals surface area contributed by atoms with Crippen LogP contribution in [0.15, 0.2) is 51.8 Å². The van der Waals surface area contributed by atoms with E-state index in [9.17, 15) is 13.2 Å². The lowest BCUT2D eigenvalue weighted by atomic mass is 10.3. The van der Waals surface area contributed by atoms with Crippen LogP contribution in [-0.2, 0) is 14.8 Å². The molecule has 154 valence electrons. The maximum Gasteiger partial charge on any atom is 0.246 e. The maximum atomic E-state index is 12.7. The number of amides is 1. The fourth-order valence-electron chi connectivity index (χ4n) is 3.54. The molecule has 6 nitrogen and oxygen atoms in total. The average molecular weight is 435 g/mol. The number of sulfonamides is 1. The van der Waals surface area contributed by atoms with Gasteiger partial charge in [-0.05, 0) is 54.8 Å². The van der Waals surface area contributed by atoms with Crippen LogP contribution in [0.3, 0.4) is 0 Å². The third-order valence-electron chi connectivity index (χ3n) is 5.51. The smallest absolute Gasteiger partial charge is 0.246 e. The second-order valence-electron chi connectivity index (χ2n) is 7.58. The highest BCUT2D eigenvalue weighted by Gasteiger charge is 2.36. The van der Waals surface area contributed by atoms with Gasteiger partial charge in [0.05, 0.1) is 4.90 Å². The van der Waals surface area contributed by atoms with Crippen molar-refractivity contribution in [2.45, 2.75) is 24.2 Å². The van der Waals surface area contributed by atoms with Crippen molar-refractivity contribution in [2.24, 2.45) is 5.92 Å². The Morgan fingerprint density at radius 2 is 1.76 bits per heavy atom. The Labute approximate surface area is 175 Å². The van der Waals surface area contributed by atoms with Gasteiger partial charge in [-0.3, -0.25) is 4.79 Å². The van der Waals surface area contributed by atoms with Crippen LogP contribution in [0.5, 0.6) is 0 Å². The summed E-state index contributed by atoms with van der Waals surface area (Å²) in [5.74, 6) is 2.66. The van der Waals surface area contributed by atoms with E-state index in [0.29, 0.717) is 35.7 Å². The lowest BCUT2D eigenvalue weighted by molar-refractivity contribution is -0.127. The van der Waals surface area contributed by atoms with Crippen LogP contribution in [0.25, 0.3) is 6.08 Å². The molecule has 2 unspecified atom stereocenters. The number of piperazine rings is 1. The summed E-state index contributed by atoms with van der Waals surface area (Å²) in [7, 11) is -3.58. The molecule has 0 radical (unpaired) electrons. The van der Waals surface area contributed by atoms with Crippen molar-refractivity contribution in [3.8, 4) is 0 Å². The summed E-state index contributed by atoms with van der Waals surface area (Å²) in [6.07, 6.45) is 4.32. The van der Waals surface area contributed by atoms with E-state index in [-0.39, 0.29) is 23.9 Å². The number of carbonyl (C=O) groups is 1. The predicted octanol–water partition coefficient (Wildman–Crippen LogP) is 3.60. The van der Waals surface area contributed by atoms with Gasteiger partial charge < -0.3 is 9.32 Å². The van der Waals surface area contributed by atoms with Crippen molar-refractivity contribution in [1.29, 1.82) is 0 Å². The van der Waals surface area contributed by atoms with Gasteiger partial charge in [-0.1, -0.05) is 18.5 Å². The topological polar surface area (TPSA) is 70.8 Å². The lowest BCUT2D eigenvalue weighted by Crippen LogP contribution is -2.50. The summed E-state index contributed by atoms with van der Waals surface area (Å²) in [5.41, 5.74) is 0. The minimum atomic E-state index is -3.58. The molecule has 2 aromatic rings. The fraction of sp³-hybridized carbons (Fsp3) is 0.381. The lowest BCUT2D eigenvalue weighted by Gasteiger charge is -2.33. The second-order valence-corrected chi connectivity index (χ2v) is 9.95. The number of rotatable bonds is 5. The molecule has 0 spiro atoms. The Morgan fingerprint density at radius 1 is 1.10 bits per heavy atom. The fourth-order valence-corrected chi connectivity index (χ4v) is 5.09. The van der Waals surface area contributed by atoms with Gasteiger partial charge in [0.25, 0.3) is 0 Å². The summed E-state index contributed by atoms with van der Waals surface area (Å²) in [5, 5.41) is 0.487. The normalized spacial score (nSPS) is 22.9. The number of halogens is 1. The van der Waals surface area contributed by atoms with Gasteiger partial charge in [-0.25, -0.2) is 8.42 Å². The summed E-state index contributed by atoms with van der Waals surface area (Å²) in [4.78, 5) is 14.3. The zero-order chi connectivity index (χ0) is 20.6. The first-order valence-corrected chi connectivity index (χ1v) is 11.5. The highest BCUT2D eigenvalue weighted by Crippen LogP contribution is 2.47. The number of furan rings is 1. The zero-order valence-corrected chi connectivity index (χ0v) is 17.7. The van der Waals surface area contributed by atoms with Crippen molar-refractivity contribution >= 4 is 33.6 Å². The van der Waals surface area contributed by atoms with E-state index in [0.717, 1.165) is 12.2 Å². The standard InChI is InChI=1S/C21H23ClN2O4S/c1-15-14-19(15)20-8-4-17(28-20)5-9-21(25)23-10-12-24(13-11-23)29(26,27)18-6-2-16(22)3-7-18/h2-9,15,19H,10-14H2,1H3/b9-5+. The molecule has 2 heterocycles. The molecule has 0 N–H and O–H groups in total. The summed E-state index contributed by atoms with van der Waals surface area (Å²) in [6.45, 7) is 3.40. The maximum absolute atomic E-state index is 12.7. The highest BCUT2D eigenvalue weighted by atomic mass is 35.5. The number of hydrogen-bond donors (Lipinski definition) is 0. The minimum absolute atomic E-state index is 0.147. The number of carbonyl (C=O) groups excluding carboxylic acids is 1.